The zero-order valence-corrected chi connectivity index (χ0v) is 7.08. The molecule has 0 unspecified atom stereocenters. The Hall–Kier alpha value is -1.42. The van der Waals surface area contributed by atoms with Crippen LogP contribution >= 0.6 is 11.5 Å². The van der Waals surface area contributed by atoms with Crippen LogP contribution in [0, 0.1) is 0 Å². The SMILES string of the molecule is Nc1cc(-c2ccccn2)ns1. The van der Waals surface area contributed by atoms with Crippen LogP contribution in [0.4, 0.5) is 5.00 Å². The van der Waals surface area contributed by atoms with Gasteiger partial charge in [0.05, 0.1) is 5.69 Å². The van der Waals surface area contributed by atoms with Gasteiger partial charge in [0.1, 0.15) is 10.7 Å². The number of hydrogen-bond acceptors (Lipinski definition) is 4. The highest BCUT2D eigenvalue weighted by Crippen LogP contribution is 2.20. The highest BCUT2D eigenvalue weighted by atomic mass is 32.1. The van der Waals surface area contributed by atoms with Gasteiger partial charge < -0.3 is 5.73 Å². The molecule has 0 saturated heterocycles. The maximum absolute atomic E-state index is 5.54. The third kappa shape index (κ3) is 1.29. The lowest BCUT2D eigenvalue weighted by Gasteiger charge is -1.91. The van der Waals surface area contributed by atoms with Gasteiger partial charge in [-0.15, -0.1) is 0 Å². The summed E-state index contributed by atoms with van der Waals surface area (Å²) in [5.41, 5.74) is 7.26. The Morgan fingerprint density at radius 1 is 1.25 bits per heavy atom. The molecule has 2 aromatic heterocycles. The molecular weight excluding hydrogens is 170 g/mol. The fourth-order valence-electron chi connectivity index (χ4n) is 0.924. The van der Waals surface area contributed by atoms with Gasteiger partial charge in [0.25, 0.3) is 0 Å². The molecule has 12 heavy (non-hydrogen) atoms. The summed E-state index contributed by atoms with van der Waals surface area (Å²) in [7, 11) is 0. The molecule has 2 aromatic rings. The van der Waals surface area contributed by atoms with Crippen LogP contribution in [0.3, 0.4) is 0 Å². The van der Waals surface area contributed by atoms with Crippen molar-refractivity contribution in [1.29, 1.82) is 0 Å². The topological polar surface area (TPSA) is 51.8 Å². The van der Waals surface area contributed by atoms with Gasteiger partial charge in [-0.05, 0) is 23.7 Å². The van der Waals surface area contributed by atoms with Gasteiger partial charge in [0.15, 0.2) is 0 Å². The van der Waals surface area contributed by atoms with Crippen LogP contribution in [0.2, 0.25) is 0 Å². The van der Waals surface area contributed by atoms with Crippen LogP contribution in [0.15, 0.2) is 30.5 Å². The summed E-state index contributed by atoms with van der Waals surface area (Å²) in [6.07, 6.45) is 1.74. The molecular formula is C8H7N3S. The standard InChI is InChI=1S/C8H7N3S/c9-8-5-7(11-12-8)6-3-1-2-4-10-6/h1-5H,9H2. The summed E-state index contributed by atoms with van der Waals surface area (Å²) in [5, 5.41) is 0.718. The smallest absolute Gasteiger partial charge is 0.107 e. The minimum absolute atomic E-state index is 0.718. The minimum atomic E-state index is 0.718. The zero-order chi connectivity index (χ0) is 8.39. The molecule has 0 aliphatic carbocycles. The normalized spacial score (nSPS) is 10.0. The molecule has 3 nitrogen and oxygen atoms in total. The van der Waals surface area contributed by atoms with Crippen molar-refractivity contribution in [3.8, 4) is 11.4 Å². The zero-order valence-electron chi connectivity index (χ0n) is 6.27. The third-order valence-electron chi connectivity index (χ3n) is 1.46. The molecule has 0 aromatic carbocycles. The van der Waals surface area contributed by atoms with Crippen molar-refractivity contribution in [2.45, 2.75) is 0 Å². The highest BCUT2D eigenvalue weighted by Gasteiger charge is 2.01. The second kappa shape index (κ2) is 2.91. The molecule has 0 radical (unpaired) electrons. The van der Waals surface area contributed by atoms with E-state index in [0.29, 0.717) is 0 Å². The van der Waals surface area contributed by atoms with Crippen molar-refractivity contribution < 1.29 is 0 Å². The summed E-state index contributed by atoms with van der Waals surface area (Å²) < 4.78 is 4.14. The first kappa shape index (κ1) is 7.24. The predicted octanol–water partition coefficient (Wildman–Crippen LogP) is 1.79. The molecule has 0 amide bonds. The van der Waals surface area contributed by atoms with E-state index >= 15 is 0 Å². The van der Waals surface area contributed by atoms with Crippen LogP contribution in [-0.4, -0.2) is 9.36 Å². The molecule has 2 heterocycles. The second-order valence-electron chi connectivity index (χ2n) is 2.33. The molecule has 2 rings (SSSR count). The van der Waals surface area contributed by atoms with Crippen molar-refractivity contribution in [3.63, 3.8) is 0 Å². The Morgan fingerprint density at radius 3 is 2.75 bits per heavy atom. The largest absolute Gasteiger partial charge is 0.389 e. The molecule has 0 atom stereocenters. The summed E-state index contributed by atoms with van der Waals surface area (Å²) in [5.74, 6) is 0. The number of anilines is 1. The van der Waals surface area contributed by atoms with Crippen LogP contribution in [0.1, 0.15) is 0 Å². The first-order chi connectivity index (χ1) is 5.86. The monoisotopic (exact) mass is 177 g/mol. The molecule has 0 aliphatic heterocycles. The molecule has 0 fully saturated rings. The molecule has 4 heteroatoms. The van der Waals surface area contributed by atoms with Gasteiger partial charge in [0, 0.05) is 12.3 Å². The van der Waals surface area contributed by atoms with Gasteiger partial charge in [-0.3, -0.25) is 4.98 Å². The lowest BCUT2D eigenvalue weighted by atomic mass is 10.3. The third-order valence-corrected chi connectivity index (χ3v) is 2.07. The Labute approximate surface area is 74.0 Å². The summed E-state index contributed by atoms with van der Waals surface area (Å²) in [6, 6.07) is 7.54. The maximum atomic E-state index is 5.54. The number of nitrogens with two attached hydrogens (primary N) is 1. The quantitative estimate of drug-likeness (QED) is 0.722. The first-order valence-electron chi connectivity index (χ1n) is 3.50. The molecule has 0 bridgehead atoms. The molecule has 0 aliphatic rings. The van der Waals surface area contributed by atoms with E-state index in [4.69, 9.17) is 5.73 Å². The summed E-state index contributed by atoms with van der Waals surface area (Å²) in [4.78, 5) is 4.15. The maximum Gasteiger partial charge on any atom is 0.107 e. The Morgan fingerprint density at radius 2 is 2.17 bits per heavy atom. The number of nitrogens with zero attached hydrogens (tertiary/aromatic N) is 2. The summed E-state index contributed by atoms with van der Waals surface area (Å²) >= 11 is 1.29. The van der Waals surface area contributed by atoms with Crippen LogP contribution in [-0.2, 0) is 0 Å². The van der Waals surface area contributed by atoms with Crippen molar-refractivity contribution in [2.75, 3.05) is 5.73 Å². The Kier molecular flexibility index (Phi) is 1.75. The number of hydrogen-bond donors (Lipinski definition) is 1. The van der Waals surface area contributed by atoms with E-state index in [-0.39, 0.29) is 0 Å². The molecule has 2 N–H and O–H groups in total. The summed E-state index contributed by atoms with van der Waals surface area (Å²) in [6.45, 7) is 0. The second-order valence-corrected chi connectivity index (χ2v) is 3.17. The fraction of sp³-hybridized carbons (Fsp3) is 0. The van der Waals surface area contributed by atoms with Gasteiger partial charge in [0.2, 0.25) is 0 Å². The van der Waals surface area contributed by atoms with E-state index in [1.54, 1.807) is 6.20 Å². The number of nitrogen functional groups attached to an aromatic ring is 1. The van der Waals surface area contributed by atoms with E-state index in [9.17, 15) is 0 Å². The minimum Gasteiger partial charge on any atom is -0.389 e. The lowest BCUT2D eigenvalue weighted by Crippen LogP contribution is -1.80. The van der Waals surface area contributed by atoms with Crippen LogP contribution in [0.25, 0.3) is 11.4 Å². The Bertz CT molecular complexity index is 369. The van der Waals surface area contributed by atoms with Crippen molar-refractivity contribution in [3.05, 3.63) is 30.5 Å². The number of aromatic nitrogens is 2. The van der Waals surface area contributed by atoms with Gasteiger partial charge in [-0.25, -0.2) is 0 Å². The average Bonchev–Trinajstić information content (AvgIpc) is 2.54. The predicted molar refractivity (Wildman–Crippen MR) is 49.8 cm³/mol. The number of rotatable bonds is 1. The first-order valence-corrected chi connectivity index (χ1v) is 4.27. The van der Waals surface area contributed by atoms with E-state index in [2.05, 4.69) is 9.36 Å². The van der Waals surface area contributed by atoms with E-state index in [0.717, 1.165) is 16.4 Å². The van der Waals surface area contributed by atoms with Crippen molar-refractivity contribution in [1.82, 2.24) is 9.36 Å². The number of pyridine rings is 1. The van der Waals surface area contributed by atoms with Gasteiger partial charge in [-0.2, -0.15) is 4.37 Å². The fourth-order valence-corrected chi connectivity index (χ4v) is 1.44. The van der Waals surface area contributed by atoms with E-state index in [1.165, 1.54) is 11.5 Å². The molecule has 0 saturated carbocycles. The van der Waals surface area contributed by atoms with E-state index in [1.807, 2.05) is 24.3 Å². The molecule has 0 spiro atoms. The van der Waals surface area contributed by atoms with Crippen molar-refractivity contribution >= 4 is 16.5 Å². The average molecular weight is 177 g/mol. The van der Waals surface area contributed by atoms with Crippen LogP contribution < -0.4 is 5.73 Å². The molecule has 60 valence electrons. The van der Waals surface area contributed by atoms with Gasteiger partial charge in [-0.1, -0.05) is 6.07 Å². The Balaban J connectivity index is 2.45. The highest BCUT2D eigenvalue weighted by molar-refractivity contribution is 7.10. The lowest BCUT2D eigenvalue weighted by molar-refractivity contribution is 1.30. The van der Waals surface area contributed by atoms with Crippen LogP contribution in [0.5, 0.6) is 0 Å². The van der Waals surface area contributed by atoms with Crippen molar-refractivity contribution in [2.24, 2.45) is 0 Å². The van der Waals surface area contributed by atoms with E-state index < -0.39 is 0 Å². The van der Waals surface area contributed by atoms with Gasteiger partial charge >= 0.3 is 0 Å².